The Morgan fingerprint density at radius 3 is 2.53 bits per heavy atom. The SMILES string of the molecule is CCCCN(C(=O)COc1ccc(C)c(C)c1)c1c(N)n(CC(C)C)c(=O)[nH]c1=O. The Morgan fingerprint density at radius 1 is 1.23 bits per heavy atom. The van der Waals surface area contributed by atoms with Crippen LogP contribution in [-0.2, 0) is 11.3 Å². The highest BCUT2D eigenvalue weighted by Gasteiger charge is 2.24. The first-order chi connectivity index (χ1) is 14.1. The quantitative estimate of drug-likeness (QED) is 0.653. The lowest BCUT2D eigenvalue weighted by molar-refractivity contribution is -0.120. The molecule has 1 amide bonds. The van der Waals surface area contributed by atoms with Gasteiger partial charge < -0.3 is 15.4 Å². The number of hydrogen-bond acceptors (Lipinski definition) is 5. The smallest absolute Gasteiger partial charge is 0.330 e. The maximum absolute atomic E-state index is 13.0. The largest absolute Gasteiger partial charge is 0.484 e. The van der Waals surface area contributed by atoms with Gasteiger partial charge in [0.15, 0.2) is 12.3 Å². The third-order valence-corrected chi connectivity index (χ3v) is 4.91. The molecule has 0 saturated heterocycles. The molecular formula is C22H32N4O4. The van der Waals surface area contributed by atoms with Gasteiger partial charge in [-0.15, -0.1) is 0 Å². The zero-order valence-corrected chi connectivity index (χ0v) is 18.4. The van der Waals surface area contributed by atoms with E-state index in [1.165, 1.54) is 9.47 Å². The Kier molecular flexibility index (Phi) is 7.86. The number of anilines is 2. The molecule has 0 atom stereocenters. The molecule has 2 rings (SSSR count). The Balaban J connectivity index is 2.36. The average Bonchev–Trinajstić information content (AvgIpc) is 2.68. The summed E-state index contributed by atoms with van der Waals surface area (Å²) < 4.78 is 6.97. The highest BCUT2D eigenvalue weighted by atomic mass is 16.5. The van der Waals surface area contributed by atoms with Crippen molar-refractivity contribution < 1.29 is 9.53 Å². The Hall–Kier alpha value is -3.03. The van der Waals surface area contributed by atoms with Gasteiger partial charge in [-0.1, -0.05) is 33.3 Å². The maximum atomic E-state index is 13.0. The van der Waals surface area contributed by atoms with E-state index in [1.54, 1.807) is 6.07 Å². The number of amides is 1. The first-order valence-corrected chi connectivity index (χ1v) is 10.3. The van der Waals surface area contributed by atoms with E-state index in [2.05, 4.69) is 4.98 Å². The van der Waals surface area contributed by atoms with Crippen molar-refractivity contribution in [3.8, 4) is 5.75 Å². The highest BCUT2D eigenvalue weighted by molar-refractivity contribution is 5.96. The number of carbonyl (C=O) groups excluding carboxylic acids is 1. The van der Waals surface area contributed by atoms with Crippen molar-refractivity contribution in [3.63, 3.8) is 0 Å². The van der Waals surface area contributed by atoms with E-state index in [0.29, 0.717) is 25.3 Å². The molecule has 2 aromatic rings. The molecule has 0 fully saturated rings. The normalized spacial score (nSPS) is 11.0. The summed E-state index contributed by atoms with van der Waals surface area (Å²) in [6.07, 6.45) is 1.50. The second-order valence-electron chi connectivity index (χ2n) is 7.93. The van der Waals surface area contributed by atoms with Crippen LogP contribution in [0.25, 0.3) is 0 Å². The molecule has 1 heterocycles. The number of rotatable bonds is 9. The summed E-state index contributed by atoms with van der Waals surface area (Å²) >= 11 is 0. The first-order valence-electron chi connectivity index (χ1n) is 10.3. The zero-order chi connectivity index (χ0) is 22.4. The van der Waals surface area contributed by atoms with Gasteiger partial charge in [0, 0.05) is 13.1 Å². The molecule has 0 aliphatic rings. The standard InChI is InChI=1S/C22H32N4O4/c1-6-7-10-25(18(27)13-30-17-9-8-15(4)16(5)11-17)19-20(23)26(12-14(2)3)22(29)24-21(19)28/h8-9,11,14H,6-7,10,12-13,23H2,1-5H3,(H,24,28,29). The Labute approximate surface area is 176 Å². The lowest BCUT2D eigenvalue weighted by Gasteiger charge is -2.25. The fourth-order valence-corrected chi connectivity index (χ4v) is 3.09. The number of aryl methyl sites for hydroxylation is 2. The molecule has 0 saturated carbocycles. The zero-order valence-electron chi connectivity index (χ0n) is 18.4. The number of aromatic nitrogens is 2. The van der Waals surface area contributed by atoms with E-state index >= 15 is 0 Å². The van der Waals surface area contributed by atoms with Gasteiger partial charge in [-0.2, -0.15) is 0 Å². The van der Waals surface area contributed by atoms with Crippen LogP contribution in [0.5, 0.6) is 5.75 Å². The summed E-state index contributed by atoms with van der Waals surface area (Å²) in [4.78, 5) is 41.4. The molecule has 164 valence electrons. The van der Waals surface area contributed by atoms with Crippen LogP contribution in [0.3, 0.4) is 0 Å². The number of nitrogens with one attached hydrogen (secondary N) is 1. The number of unbranched alkanes of at least 4 members (excludes halogenated alkanes) is 1. The molecule has 0 bridgehead atoms. The summed E-state index contributed by atoms with van der Waals surface area (Å²) in [6, 6.07) is 5.59. The number of nitrogen functional groups attached to an aromatic ring is 1. The molecule has 0 spiro atoms. The molecule has 1 aromatic carbocycles. The summed E-state index contributed by atoms with van der Waals surface area (Å²) in [7, 11) is 0. The summed E-state index contributed by atoms with van der Waals surface area (Å²) in [5, 5.41) is 0. The molecule has 3 N–H and O–H groups in total. The minimum absolute atomic E-state index is 0.00242. The van der Waals surface area contributed by atoms with E-state index < -0.39 is 17.2 Å². The van der Waals surface area contributed by atoms with Crippen molar-refractivity contribution in [3.05, 3.63) is 50.2 Å². The monoisotopic (exact) mass is 416 g/mol. The second kappa shape index (κ2) is 10.1. The first kappa shape index (κ1) is 23.3. The number of benzene rings is 1. The van der Waals surface area contributed by atoms with Crippen molar-refractivity contribution in [1.82, 2.24) is 9.55 Å². The van der Waals surface area contributed by atoms with Gasteiger partial charge >= 0.3 is 5.69 Å². The van der Waals surface area contributed by atoms with E-state index in [0.717, 1.165) is 17.5 Å². The van der Waals surface area contributed by atoms with Gasteiger partial charge in [0.05, 0.1) is 0 Å². The lowest BCUT2D eigenvalue weighted by Crippen LogP contribution is -2.43. The Morgan fingerprint density at radius 2 is 1.93 bits per heavy atom. The molecule has 8 nitrogen and oxygen atoms in total. The van der Waals surface area contributed by atoms with Crippen LogP contribution in [-0.4, -0.2) is 28.6 Å². The van der Waals surface area contributed by atoms with Crippen molar-refractivity contribution in [1.29, 1.82) is 0 Å². The molecule has 0 radical (unpaired) electrons. The molecule has 0 aliphatic heterocycles. The summed E-state index contributed by atoms with van der Waals surface area (Å²) in [5.74, 6) is 0.312. The molecule has 1 aromatic heterocycles. The Bertz CT molecular complexity index is 1010. The molecule has 0 unspecified atom stereocenters. The van der Waals surface area contributed by atoms with Crippen LogP contribution < -0.4 is 26.6 Å². The molecule has 30 heavy (non-hydrogen) atoms. The third kappa shape index (κ3) is 5.52. The van der Waals surface area contributed by atoms with E-state index in [-0.39, 0.29) is 24.0 Å². The van der Waals surface area contributed by atoms with Crippen molar-refractivity contribution >= 4 is 17.4 Å². The lowest BCUT2D eigenvalue weighted by atomic mass is 10.1. The van der Waals surface area contributed by atoms with Crippen molar-refractivity contribution in [2.24, 2.45) is 5.92 Å². The second-order valence-corrected chi connectivity index (χ2v) is 7.93. The number of nitrogens with two attached hydrogens (primary N) is 1. The van der Waals surface area contributed by atoms with Crippen molar-refractivity contribution in [2.75, 3.05) is 23.8 Å². The van der Waals surface area contributed by atoms with Crippen LogP contribution in [0, 0.1) is 19.8 Å². The van der Waals surface area contributed by atoms with Gasteiger partial charge in [-0.25, -0.2) is 4.79 Å². The number of carbonyl (C=O) groups is 1. The van der Waals surface area contributed by atoms with E-state index in [9.17, 15) is 14.4 Å². The van der Waals surface area contributed by atoms with Gasteiger partial charge in [0.1, 0.15) is 11.6 Å². The van der Waals surface area contributed by atoms with Crippen molar-refractivity contribution in [2.45, 2.75) is 54.0 Å². The minimum atomic E-state index is -0.673. The maximum Gasteiger partial charge on any atom is 0.330 e. The van der Waals surface area contributed by atoms with Crippen LogP contribution in [0.15, 0.2) is 27.8 Å². The van der Waals surface area contributed by atoms with Gasteiger partial charge in [0.2, 0.25) is 0 Å². The number of ether oxygens (including phenoxy) is 1. The number of hydrogen-bond donors (Lipinski definition) is 2. The van der Waals surface area contributed by atoms with E-state index in [4.69, 9.17) is 10.5 Å². The van der Waals surface area contributed by atoms with Crippen LogP contribution in [0.4, 0.5) is 11.5 Å². The minimum Gasteiger partial charge on any atom is -0.484 e. The summed E-state index contributed by atoms with van der Waals surface area (Å²) in [5.41, 5.74) is 7.13. The van der Waals surface area contributed by atoms with Gasteiger partial charge in [-0.05, 0) is 49.4 Å². The fourth-order valence-electron chi connectivity index (χ4n) is 3.09. The summed E-state index contributed by atoms with van der Waals surface area (Å²) in [6.45, 7) is 10.2. The van der Waals surface area contributed by atoms with E-state index in [1.807, 2.05) is 46.8 Å². The van der Waals surface area contributed by atoms with Crippen LogP contribution in [0.1, 0.15) is 44.7 Å². The molecule has 8 heteroatoms. The number of H-pyrrole nitrogens is 1. The topological polar surface area (TPSA) is 110 Å². The van der Waals surface area contributed by atoms with Gasteiger partial charge in [-0.3, -0.25) is 19.1 Å². The fraction of sp³-hybridized carbons (Fsp3) is 0.500. The predicted octanol–water partition coefficient (Wildman–Crippen LogP) is 2.60. The third-order valence-electron chi connectivity index (χ3n) is 4.91. The van der Waals surface area contributed by atoms with Gasteiger partial charge in [0.25, 0.3) is 11.5 Å². The molecular weight excluding hydrogens is 384 g/mol. The molecule has 0 aliphatic carbocycles. The highest BCUT2D eigenvalue weighted by Crippen LogP contribution is 2.20. The predicted molar refractivity (Wildman–Crippen MR) is 119 cm³/mol. The number of aromatic amines is 1. The average molecular weight is 417 g/mol. The van der Waals surface area contributed by atoms with Crippen LogP contribution >= 0.6 is 0 Å². The van der Waals surface area contributed by atoms with Crippen LogP contribution in [0.2, 0.25) is 0 Å². The number of nitrogens with zero attached hydrogens (tertiary/aromatic N) is 2.